The van der Waals surface area contributed by atoms with Gasteiger partial charge in [-0.1, -0.05) is 117 Å². The Morgan fingerprint density at radius 1 is 0.400 bits per heavy atom. The molecule has 0 spiro atoms. The van der Waals surface area contributed by atoms with Crippen LogP contribution >= 0.6 is 0 Å². The Labute approximate surface area is 262 Å². The summed E-state index contributed by atoms with van der Waals surface area (Å²) in [6.45, 7) is 4.76. The molecular formula is C44H29N. The van der Waals surface area contributed by atoms with Crippen molar-refractivity contribution in [3.8, 4) is 55.8 Å². The summed E-state index contributed by atoms with van der Waals surface area (Å²) in [6.07, 6.45) is 1.91. The van der Waals surface area contributed by atoms with E-state index in [1.807, 2.05) is 12.3 Å². The normalized spacial score (nSPS) is 13.7. The summed E-state index contributed by atoms with van der Waals surface area (Å²) in [7, 11) is 0. The summed E-state index contributed by atoms with van der Waals surface area (Å²) < 4.78 is 0. The number of nitrogens with zero attached hydrogens (tertiary/aromatic N) is 1. The van der Waals surface area contributed by atoms with Crippen LogP contribution in [0.2, 0.25) is 0 Å². The number of fused-ring (bicyclic) bond motifs is 10. The fourth-order valence-electron chi connectivity index (χ4n) is 8.26. The minimum Gasteiger partial charge on any atom is -0.256 e. The van der Waals surface area contributed by atoms with Gasteiger partial charge in [0.2, 0.25) is 0 Å². The molecule has 0 atom stereocenters. The fraction of sp³-hybridized carbons (Fsp3) is 0.0682. The second-order valence-electron chi connectivity index (χ2n) is 13.1. The molecule has 0 aliphatic heterocycles. The van der Waals surface area contributed by atoms with Gasteiger partial charge in [0.25, 0.3) is 0 Å². The van der Waals surface area contributed by atoms with Crippen LogP contribution in [0.25, 0.3) is 88.1 Å². The monoisotopic (exact) mass is 571 g/mol. The highest BCUT2D eigenvalue weighted by atomic mass is 14.7. The Balaban J connectivity index is 1.20. The standard InChI is InChI=1S/C44H29N/c1-44(2)40-22-27(26-10-4-3-5-11-26)17-19-31(40)32-20-18-28(23-41(32)44)36-24-38-34-15-8-14-33-35-16-9-21-45-43(35)39(42(33)34)25-37(38)30-13-7-6-12-29(30)36/h3-25H,1-2H3. The lowest BCUT2D eigenvalue weighted by atomic mass is 9.80. The second kappa shape index (κ2) is 8.77. The van der Waals surface area contributed by atoms with Crippen LogP contribution in [0.4, 0.5) is 0 Å². The van der Waals surface area contributed by atoms with Gasteiger partial charge in [0.15, 0.2) is 0 Å². The molecule has 1 aromatic heterocycles. The molecule has 0 N–H and O–H groups in total. The van der Waals surface area contributed by atoms with Gasteiger partial charge >= 0.3 is 0 Å². The van der Waals surface area contributed by atoms with Crippen LogP contribution in [0.15, 0.2) is 140 Å². The highest BCUT2D eigenvalue weighted by Gasteiger charge is 2.36. The van der Waals surface area contributed by atoms with Crippen LogP contribution in [0.5, 0.6) is 0 Å². The number of aromatic nitrogens is 1. The molecule has 45 heavy (non-hydrogen) atoms. The van der Waals surface area contributed by atoms with E-state index in [0.717, 1.165) is 5.69 Å². The van der Waals surface area contributed by atoms with Crippen molar-refractivity contribution in [2.45, 2.75) is 19.3 Å². The number of pyridine rings is 1. The van der Waals surface area contributed by atoms with Crippen LogP contribution in [-0.2, 0) is 5.41 Å². The van der Waals surface area contributed by atoms with Crippen LogP contribution in [0, 0.1) is 0 Å². The van der Waals surface area contributed by atoms with Gasteiger partial charge in [-0.3, -0.25) is 4.98 Å². The molecule has 0 amide bonds. The topological polar surface area (TPSA) is 12.9 Å². The van der Waals surface area contributed by atoms with Gasteiger partial charge in [-0.05, 0) is 113 Å². The van der Waals surface area contributed by atoms with E-state index in [0.29, 0.717) is 0 Å². The molecule has 2 aliphatic carbocycles. The quantitative estimate of drug-likeness (QED) is 0.188. The van der Waals surface area contributed by atoms with Crippen molar-refractivity contribution in [2.75, 3.05) is 0 Å². The van der Waals surface area contributed by atoms with Gasteiger partial charge in [-0.15, -0.1) is 0 Å². The summed E-state index contributed by atoms with van der Waals surface area (Å²) >= 11 is 0. The molecule has 0 unspecified atom stereocenters. The number of hydrogen-bond acceptors (Lipinski definition) is 1. The van der Waals surface area contributed by atoms with E-state index in [4.69, 9.17) is 4.98 Å². The van der Waals surface area contributed by atoms with E-state index in [9.17, 15) is 0 Å². The zero-order valence-corrected chi connectivity index (χ0v) is 25.2. The summed E-state index contributed by atoms with van der Waals surface area (Å²) in [4.78, 5) is 4.84. The van der Waals surface area contributed by atoms with Crippen molar-refractivity contribution in [3.05, 3.63) is 151 Å². The van der Waals surface area contributed by atoms with Gasteiger partial charge in [0, 0.05) is 22.7 Å². The van der Waals surface area contributed by atoms with Crippen molar-refractivity contribution < 1.29 is 0 Å². The first-order chi connectivity index (χ1) is 22.1. The van der Waals surface area contributed by atoms with E-state index in [1.165, 1.54) is 93.5 Å². The Morgan fingerprint density at radius 3 is 1.87 bits per heavy atom. The van der Waals surface area contributed by atoms with E-state index in [-0.39, 0.29) is 5.41 Å². The van der Waals surface area contributed by atoms with Gasteiger partial charge in [0.1, 0.15) is 0 Å². The molecular weight excluding hydrogens is 542 g/mol. The molecule has 210 valence electrons. The minimum atomic E-state index is -0.105. The number of hydrogen-bond donors (Lipinski definition) is 0. The average Bonchev–Trinajstić information content (AvgIpc) is 3.53. The van der Waals surface area contributed by atoms with Crippen LogP contribution in [0.1, 0.15) is 25.0 Å². The molecule has 2 aliphatic rings. The summed E-state index contributed by atoms with van der Waals surface area (Å²) in [5, 5.41) is 7.77. The summed E-state index contributed by atoms with van der Waals surface area (Å²) in [6, 6.07) is 49.6. The lowest BCUT2D eigenvalue weighted by Crippen LogP contribution is -2.15. The summed E-state index contributed by atoms with van der Waals surface area (Å²) in [5.41, 5.74) is 15.3. The molecule has 1 heterocycles. The second-order valence-corrected chi connectivity index (χ2v) is 13.1. The molecule has 10 rings (SSSR count). The lowest BCUT2D eigenvalue weighted by molar-refractivity contribution is 0.661. The highest BCUT2D eigenvalue weighted by Crippen LogP contribution is 2.53. The third-order valence-electron chi connectivity index (χ3n) is 10.4. The summed E-state index contributed by atoms with van der Waals surface area (Å²) in [5.74, 6) is 0. The smallest absolute Gasteiger partial charge is 0.0787 e. The molecule has 0 bridgehead atoms. The number of rotatable bonds is 2. The van der Waals surface area contributed by atoms with Crippen molar-refractivity contribution in [2.24, 2.45) is 0 Å². The predicted molar refractivity (Wildman–Crippen MR) is 190 cm³/mol. The van der Waals surface area contributed by atoms with Gasteiger partial charge in [0.05, 0.1) is 5.69 Å². The van der Waals surface area contributed by atoms with Crippen molar-refractivity contribution in [1.82, 2.24) is 4.98 Å². The first-order valence-corrected chi connectivity index (χ1v) is 15.8. The number of benzene rings is 7. The Bertz CT molecular complexity index is 2550. The molecule has 1 heteroatoms. The zero-order valence-electron chi connectivity index (χ0n) is 25.2. The lowest BCUT2D eigenvalue weighted by Gasteiger charge is -2.23. The minimum absolute atomic E-state index is 0.105. The predicted octanol–water partition coefficient (Wildman–Crippen LogP) is 11.8. The van der Waals surface area contributed by atoms with E-state index in [1.54, 1.807) is 0 Å². The maximum absolute atomic E-state index is 4.84. The molecule has 7 aromatic carbocycles. The largest absolute Gasteiger partial charge is 0.256 e. The zero-order chi connectivity index (χ0) is 29.9. The molecule has 1 nitrogen and oxygen atoms in total. The van der Waals surface area contributed by atoms with Gasteiger partial charge < -0.3 is 0 Å². The van der Waals surface area contributed by atoms with Gasteiger partial charge in [-0.2, -0.15) is 0 Å². The highest BCUT2D eigenvalue weighted by molar-refractivity contribution is 6.28. The van der Waals surface area contributed by atoms with Crippen molar-refractivity contribution in [3.63, 3.8) is 0 Å². The molecule has 0 saturated heterocycles. The van der Waals surface area contributed by atoms with Crippen LogP contribution < -0.4 is 0 Å². The molecule has 0 saturated carbocycles. The Morgan fingerprint density at radius 2 is 1.04 bits per heavy atom. The first-order valence-electron chi connectivity index (χ1n) is 15.8. The van der Waals surface area contributed by atoms with Crippen LogP contribution in [-0.4, -0.2) is 4.98 Å². The SMILES string of the molecule is CC1(C)c2cc(-c3ccccc3)ccc2-c2ccc(-c3cc4c5cccc6c5c(cc4c4ccccc34)-c3ncccc3-6)cc21. The van der Waals surface area contributed by atoms with Crippen molar-refractivity contribution in [1.29, 1.82) is 0 Å². The van der Waals surface area contributed by atoms with Crippen molar-refractivity contribution >= 4 is 32.3 Å². The Hall–Kier alpha value is -5.53. The average molecular weight is 572 g/mol. The maximum atomic E-state index is 4.84. The van der Waals surface area contributed by atoms with Gasteiger partial charge in [-0.25, -0.2) is 0 Å². The first kappa shape index (κ1) is 24.9. The maximum Gasteiger partial charge on any atom is 0.0787 e. The molecule has 0 radical (unpaired) electrons. The van der Waals surface area contributed by atoms with E-state index >= 15 is 0 Å². The fourth-order valence-corrected chi connectivity index (χ4v) is 8.26. The third-order valence-corrected chi connectivity index (χ3v) is 10.4. The third kappa shape index (κ3) is 3.30. The van der Waals surface area contributed by atoms with Crippen LogP contribution in [0.3, 0.4) is 0 Å². The Kier molecular flexibility index (Phi) is 4.85. The van der Waals surface area contributed by atoms with E-state index < -0.39 is 0 Å². The van der Waals surface area contributed by atoms with E-state index in [2.05, 4.69) is 141 Å². The molecule has 8 aromatic rings. The molecule has 0 fully saturated rings.